The molecule has 0 unspecified atom stereocenters. The molecule has 0 aliphatic rings. The number of rotatable bonds is 6. The van der Waals surface area contributed by atoms with Crippen LogP contribution in [0.2, 0.25) is 0 Å². The highest BCUT2D eigenvalue weighted by molar-refractivity contribution is 7.95. The summed E-state index contributed by atoms with van der Waals surface area (Å²) < 4.78 is 0. The molecule has 3 aromatic rings. The molecule has 3 aromatic carbocycles. The Morgan fingerprint density at radius 2 is 1.00 bits per heavy atom. The van der Waals surface area contributed by atoms with E-state index in [4.69, 9.17) is 6.57 Å². The minimum atomic E-state index is -1.73. The molecular formula is C22H21NP+. The van der Waals surface area contributed by atoms with Crippen LogP contribution in [0.15, 0.2) is 91.0 Å². The van der Waals surface area contributed by atoms with E-state index in [1.54, 1.807) is 0 Å². The predicted molar refractivity (Wildman–Crippen MR) is 106 cm³/mol. The van der Waals surface area contributed by atoms with E-state index in [1.165, 1.54) is 15.9 Å². The Hall–Kier alpha value is -2.42. The molecule has 118 valence electrons. The zero-order valence-electron chi connectivity index (χ0n) is 13.7. The molecule has 0 N–H and O–H groups in total. The number of hydrogen-bond donors (Lipinski definition) is 0. The normalized spacial score (nSPS) is 11.0. The number of benzene rings is 3. The summed E-state index contributed by atoms with van der Waals surface area (Å²) in [5, 5.41) is 4.19. The summed E-state index contributed by atoms with van der Waals surface area (Å²) in [7, 11) is -1.73. The van der Waals surface area contributed by atoms with Crippen molar-refractivity contribution in [2.75, 3.05) is 12.7 Å². The van der Waals surface area contributed by atoms with Crippen molar-refractivity contribution in [2.45, 2.75) is 6.42 Å². The van der Waals surface area contributed by atoms with Crippen LogP contribution in [0.5, 0.6) is 0 Å². The van der Waals surface area contributed by atoms with Crippen molar-refractivity contribution >= 4 is 23.2 Å². The Morgan fingerprint density at radius 1 is 0.625 bits per heavy atom. The lowest BCUT2D eigenvalue weighted by molar-refractivity contribution is 1.04. The van der Waals surface area contributed by atoms with Crippen molar-refractivity contribution < 1.29 is 0 Å². The predicted octanol–water partition coefficient (Wildman–Crippen LogP) is 4.29. The maximum Gasteiger partial charge on any atom is 0.218 e. The highest BCUT2D eigenvalue weighted by Gasteiger charge is 2.44. The fourth-order valence-corrected chi connectivity index (χ4v) is 7.60. The van der Waals surface area contributed by atoms with Gasteiger partial charge in [0.1, 0.15) is 23.2 Å². The molecule has 24 heavy (non-hydrogen) atoms. The van der Waals surface area contributed by atoms with Gasteiger partial charge in [0.25, 0.3) is 0 Å². The number of nitrogens with zero attached hydrogens (tertiary/aromatic N) is 1. The molecule has 0 radical (unpaired) electrons. The van der Waals surface area contributed by atoms with Crippen LogP contribution in [-0.4, -0.2) is 12.7 Å². The van der Waals surface area contributed by atoms with Crippen LogP contribution in [0.3, 0.4) is 0 Å². The molecule has 0 amide bonds. The van der Waals surface area contributed by atoms with Gasteiger partial charge in [0.15, 0.2) is 0 Å². The van der Waals surface area contributed by atoms with E-state index in [1.807, 2.05) is 0 Å². The van der Waals surface area contributed by atoms with Gasteiger partial charge in [-0.05, 0) is 36.4 Å². The summed E-state index contributed by atoms with van der Waals surface area (Å²) in [6.45, 7) is 7.75. The third-order valence-corrected chi connectivity index (χ3v) is 8.88. The summed E-state index contributed by atoms with van der Waals surface area (Å²) in [5.74, 6) is 0. The zero-order chi connectivity index (χ0) is 16.7. The molecule has 0 atom stereocenters. The maximum atomic E-state index is 7.16. The quantitative estimate of drug-likeness (QED) is 0.361. The van der Waals surface area contributed by atoms with Crippen molar-refractivity contribution in [1.29, 1.82) is 0 Å². The van der Waals surface area contributed by atoms with Gasteiger partial charge in [-0.1, -0.05) is 54.6 Å². The second-order valence-electron chi connectivity index (χ2n) is 5.78. The first-order valence-electron chi connectivity index (χ1n) is 8.26. The standard InChI is InChI=1S/C22H21NP/c1-23-18-11-19-24(20-12-5-2-6-13-20,21-14-7-3-8-15-21)22-16-9-4-10-17-22/h2-10,12-17H,11,18-19H2/q+1. The van der Waals surface area contributed by atoms with Crippen LogP contribution in [0.1, 0.15) is 6.42 Å². The Kier molecular flexibility index (Phi) is 5.42. The summed E-state index contributed by atoms with van der Waals surface area (Å²) in [6, 6.07) is 32.5. The molecule has 0 aliphatic carbocycles. The Labute approximate surface area is 145 Å². The van der Waals surface area contributed by atoms with Gasteiger partial charge in [-0.3, -0.25) is 0 Å². The summed E-state index contributed by atoms with van der Waals surface area (Å²) in [6.07, 6.45) is 1.96. The average Bonchev–Trinajstić information content (AvgIpc) is 2.68. The van der Waals surface area contributed by atoms with E-state index in [2.05, 4.69) is 95.8 Å². The molecular weight excluding hydrogens is 309 g/mol. The van der Waals surface area contributed by atoms with Crippen LogP contribution < -0.4 is 15.9 Å². The van der Waals surface area contributed by atoms with Crippen molar-refractivity contribution in [1.82, 2.24) is 0 Å². The van der Waals surface area contributed by atoms with Gasteiger partial charge in [-0.25, -0.2) is 6.57 Å². The lowest BCUT2D eigenvalue weighted by Gasteiger charge is -2.27. The van der Waals surface area contributed by atoms with Crippen molar-refractivity contribution in [3.05, 3.63) is 102 Å². The van der Waals surface area contributed by atoms with Crippen LogP contribution in [0.4, 0.5) is 0 Å². The van der Waals surface area contributed by atoms with Crippen molar-refractivity contribution in [3.63, 3.8) is 0 Å². The van der Waals surface area contributed by atoms with Gasteiger partial charge in [-0.15, -0.1) is 0 Å². The highest BCUT2D eigenvalue weighted by Crippen LogP contribution is 2.55. The average molecular weight is 330 g/mol. The van der Waals surface area contributed by atoms with Gasteiger partial charge < -0.3 is 4.85 Å². The second kappa shape index (κ2) is 7.91. The van der Waals surface area contributed by atoms with E-state index in [9.17, 15) is 0 Å². The Balaban J connectivity index is 2.22. The van der Waals surface area contributed by atoms with E-state index in [0.717, 1.165) is 12.6 Å². The Morgan fingerprint density at radius 3 is 1.33 bits per heavy atom. The molecule has 3 rings (SSSR count). The second-order valence-corrected chi connectivity index (χ2v) is 9.39. The van der Waals surface area contributed by atoms with Crippen molar-refractivity contribution in [2.24, 2.45) is 0 Å². The SMILES string of the molecule is [C-]#[N+]CCC[P+](c1ccccc1)(c1ccccc1)c1ccccc1. The highest BCUT2D eigenvalue weighted by atomic mass is 31.2. The molecule has 1 nitrogen and oxygen atoms in total. The largest absolute Gasteiger partial charge is 0.317 e. The molecule has 0 bridgehead atoms. The van der Waals surface area contributed by atoms with Crippen molar-refractivity contribution in [3.8, 4) is 0 Å². The maximum absolute atomic E-state index is 7.16. The van der Waals surface area contributed by atoms with Gasteiger partial charge >= 0.3 is 0 Å². The third kappa shape index (κ3) is 3.25. The first kappa shape index (κ1) is 16.4. The van der Waals surface area contributed by atoms with E-state index >= 15 is 0 Å². The van der Waals surface area contributed by atoms with Crippen LogP contribution in [0, 0.1) is 6.57 Å². The Bertz CT molecular complexity index is 695. The minimum Gasteiger partial charge on any atom is -0.317 e. The first-order chi connectivity index (χ1) is 11.9. The van der Waals surface area contributed by atoms with Crippen LogP contribution >= 0.6 is 7.26 Å². The van der Waals surface area contributed by atoms with Crippen LogP contribution in [-0.2, 0) is 0 Å². The molecule has 0 aromatic heterocycles. The molecule has 2 heteroatoms. The molecule has 0 fully saturated rings. The lowest BCUT2D eigenvalue weighted by atomic mass is 10.3. The van der Waals surface area contributed by atoms with Crippen LogP contribution in [0.25, 0.3) is 4.85 Å². The van der Waals surface area contributed by atoms with Gasteiger partial charge in [0.2, 0.25) is 6.54 Å². The fourth-order valence-electron chi connectivity index (χ4n) is 3.27. The molecule has 0 saturated carbocycles. The molecule has 0 spiro atoms. The van der Waals surface area contributed by atoms with E-state index in [0.29, 0.717) is 6.54 Å². The summed E-state index contributed by atoms with van der Waals surface area (Å²) >= 11 is 0. The minimum absolute atomic E-state index is 0.592. The topological polar surface area (TPSA) is 4.36 Å². The summed E-state index contributed by atoms with van der Waals surface area (Å²) in [4.78, 5) is 3.59. The summed E-state index contributed by atoms with van der Waals surface area (Å²) in [5.41, 5.74) is 0. The van der Waals surface area contributed by atoms with E-state index in [-0.39, 0.29) is 0 Å². The molecule has 0 saturated heterocycles. The molecule has 0 aliphatic heterocycles. The fraction of sp³-hybridized carbons (Fsp3) is 0.136. The van der Waals surface area contributed by atoms with Gasteiger partial charge in [0.05, 0.1) is 12.6 Å². The monoisotopic (exact) mass is 330 g/mol. The lowest BCUT2D eigenvalue weighted by Crippen LogP contribution is -2.33. The first-order valence-corrected chi connectivity index (χ1v) is 10.2. The van der Waals surface area contributed by atoms with Gasteiger partial charge in [-0.2, -0.15) is 0 Å². The third-order valence-electron chi connectivity index (χ3n) is 4.35. The van der Waals surface area contributed by atoms with E-state index < -0.39 is 7.26 Å². The molecule has 0 heterocycles. The number of hydrogen-bond acceptors (Lipinski definition) is 0. The van der Waals surface area contributed by atoms with Gasteiger partial charge in [0, 0.05) is 0 Å². The zero-order valence-corrected chi connectivity index (χ0v) is 14.6. The smallest absolute Gasteiger partial charge is 0.218 e.